The highest BCUT2D eigenvalue weighted by atomic mass is 32.2. The Labute approximate surface area is 92.2 Å². The fourth-order valence-corrected chi connectivity index (χ4v) is 3.06. The van der Waals surface area contributed by atoms with Crippen LogP contribution >= 0.6 is 11.8 Å². The standard InChI is InChI=1S/C11H23NOS/c1-4-5-12-9(2)6-10(3)14-11-7-13-8-11/h9-12H,4-8H2,1-3H3. The maximum Gasteiger partial charge on any atom is 0.0608 e. The van der Waals surface area contributed by atoms with Gasteiger partial charge < -0.3 is 10.1 Å². The second-order valence-corrected chi connectivity index (χ2v) is 5.94. The third kappa shape index (κ3) is 4.67. The summed E-state index contributed by atoms with van der Waals surface area (Å²) in [7, 11) is 0. The van der Waals surface area contributed by atoms with Crippen LogP contribution in [0, 0.1) is 0 Å². The molecule has 0 aromatic carbocycles. The van der Waals surface area contributed by atoms with Crippen LogP contribution in [0.4, 0.5) is 0 Å². The van der Waals surface area contributed by atoms with Crippen molar-refractivity contribution in [2.75, 3.05) is 19.8 Å². The SMILES string of the molecule is CCCNC(C)CC(C)SC1COC1. The minimum atomic E-state index is 0.651. The van der Waals surface area contributed by atoms with Crippen molar-refractivity contribution in [1.82, 2.24) is 5.32 Å². The Bertz CT molecular complexity index is 150. The molecule has 0 amide bonds. The van der Waals surface area contributed by atoms with Gasteiger partial charge in [-0.1, -0.05) is 13.8 Å². The highest BCUT2D eigenvalue weighted by molar-refractivity contribution is 8.00. The molecule has 3 heteroatoms. The quantitative estimate of drug-likeness (QED) is 0.707. The smallest absolute Gasteiger partial charge is 0.0608 e. The van der Waals surface area contributed by atoms with E-state index in [9.17, 15) is 0 Å². The van der Waals surface area contributed by atoms with E-state index in [1.54, 1.807) is 0 Å². The largest absolute Gasteiger partial charge is 0.379 e. The molecule has 0 spiro atoms. The minimum absolute atomic E-state index is 0.651. The van der Waals surface area contributed by atoms with Crippen LogP contribution in [0.1, 0.15) is 33.6 Å². The molecule has 2 atom stereocenters. The first-order valence-electron chi connectivity index (χ1n) is 5.69. The fraction of sp³-hybridized carbons (Fsp3) is 1.00. The van der Waals surface area contributed by atoms with Crippen molar-refractivity contribution in [3.05, 3.63) is 0 Å². The summed E-state index contributed by atoms with van der Waals surface area (Å²) in [6, 6.07) is 0.651. The molecule has 1 aliphatic heterocycles. The zero-order valence-electron chi connectivity index (χ0n) is 9.58. The van der Waals surface area contributed by atoms with Crippen LogP contribution < -0.4 is 5.32 Å². The molecule has 1 aliphatic rings. The predicted octanol–water partition coefficient (Wildman–Crippen LogP) is 2.29. The normalized spacial score (nSPS) is 21.6. The van der Waals surface area contributed by atoms with Gasteiger partial charge in [-0.25, -0.2) is 0 Å². The predicted molar refractivity (Wildman–Crippen MR) is 64.0 cm³/mol. The lowest BCUT2D eigenvalue weighted by atomic mass is 10.2. The van der Waals surface area contributed by atoms with Gasteiger partial charge in [-0.3, -0.25) is 0 Å². The summed E-state index contributed by atoms with van der Waals surface area (Å²) in [5.41, 5.74) is 0. The van der Waals surface area contributed by atoms with Crippen molar-refractivity contribution in [2.24, 2.45) is 0 Å². The van der Waals surface area contributed by atoms with Crippen molar-refractivity contribution in [3.8, 4) is 0 Å². The van der Waals surface area contributed by atoms with E-state index in [-0.39, 0.29) is 0 Å². The first-order valence-corrected chi connectivity index (χ1v) is 6.63. The molecule has 1 rings (SSSR count). The Kier molecular flexibility index (Phi) is 5.90. The van der Waals surface area contributed by atoms with Crippen LogP contribution in [0.2, 0.25) is 0 Å². The van der Waals surface area contributed by atoms with Crippen LogP contribution in [-0.2, 0) is 4.74 Å². The first-order chi connectivity index (χ1) is 6.72. The molecule has 1 N–H and O–H groups in total. The van der Waals surface area contributed by atoms with Crippen molar-refractivity contribution in [1.29, 1.82) is 0 Å². The van der Waals surface area contributed by atoms with Crippen molar-refractivity contribution in [3.63, 3.8) is 0 Å². The molecule has 0 aliphatic carbocycles. The van der Waals surface area contributed by atoms with E-state index in [4.69, 9.17) is 4.74 Å². The summed E-state index contributed by atoms with van der Waals surface area (Å²) in [6.45, 7) is 9.89. The summed E-state index contributed by atoms with van der Waals surface area (Å²) < 4.78 is 5.17. The highest BCUT2D eigenvalue weighted by Crippen LogP contribution is 2.26. The van der Waals surface area contributed by atoms with Gasteiger partial charge in [-0.15, -0.1) is 0 Å². The van der Waals surface area contributed by atoms with Crippen LogP contribution in [0.3, 0.4) is 0 Å². The molecule has 0 saturated carbocycles. The molecule has 84 valence electrons. The molecule has 2 nitrogen and oxygen atoms in total. The lowest BCUT2D eigenvalue weighted by molar-refractivity contribution is 0.0453. The Morgan fingerprint density at radius 1 is 1.43 bits per heavy atom. The Hall–Kier alpha value is 0.270. The Morgan fingerprint density at radius 3 is 2.64 bits per heavy atom. The fourth-order valence-electron chi connectivity index (χ4n) is 1.65. The van der Waals surface area contributed by atoms with Gasteiger partial charge in [0.1, 0.15) is 0 Å². The van der Waals surface area contributed by atoms with Gasteiger partial charge >= 0.3 is 0 Å². The molecule has 2 unspecified atom stereocenters. The number of hydrogen-bond donors (Lipinski definition) is 1. The van der Waals surface area contributed by atoms with Gasteiger partial charge in [0.25, 0.3) is 0 Å². The van der Waals surface area contributed by atoms with Gasteiger partial charge in [0.15, 0.2) is 0 Å². The van der Waals surface area contributed by atoms with Gasteiger partial charge in [0.2, 0.25) is 0 Å². The summed E-state index contributed by atoms with van der Waals surface area (Å²) in [4.78, 5) is 0. The van der Waals surface area contributed by atoms with Crippen molar-refractivity contribution in [2.45, 2.75) is 50.2 Å². The van der Waals surface area contributed by atoms with Crippen LogP contribution in [0.15, 0.2) is 0 Å². The third-order valence-electron chi connectivity index (χ3n) is 2.46. The van der Waals surface area contributed by atoms with Gasteiger partial charge in [0, 0.05) is 11.3 Å². The summed E-state index contributed by atoms with van der Waals surface area (Å²) in [5, 5.41) is 5.05. The lowest BCUT2D eigenvalue weighted by Gasteiger charge is -2.29. The Morgan fingerprint density at radius 2 is 2.14 bits per heavy atom. The van der Waals surface area contributed by atoms with Crippen LogP contribution in [0.5, 0.6) is 0 Å². The maximum atomic E-state index is 5.17. The second-order valence-electron chi connectivity index (χ2n) is 4.20. The number of nitrogens with one attached hydrogen (secondary N) is 1. The molecule has 14 heavy (non-hydrogen) atoms. The van der Waals surface area contributed by atoms with Crippen LogP contribution in [-0.4, -0.2) is 36.3 Å². The zero-order valence-corrected chi connectivity index (χ0v) is 10.4. The molecular formula is C11H23NOS. The summed E-state index contributed by atoms with van der Waals surface area (Å²) in [6.07, 6.45) is 2.49. The summed E-state index contributed by atoms with van der Waals surface area (Å²) >= 11 is 2.08. The number of rotatable bonds is 7. The molecule has 0 radical (unpaired) electrons. The van der Waals surface area contributed by atoms with E-state index in [0.717, 1.165) is 30.3 Å². The van der Waals surface area contributed by atoms with Crippen LogP contribution in [0.25, 0.3) is 0 Å². The number of thioether (sulfide) groups is 1. The van der Waals surface area contributed by atoms with E-state index < -0.39 is 0 Å². The van der Waals surface area contributed by atoms with Gasteiger partial charge in [-0.05, 0) is 26.3 Å². The van der Waals surface area contributed by atoms with E-state index >= 15 is 0 Å². The molecule has 0 aromatic rings. The molecule has 0 bridgehead atoms. The zero-order chi connectivity index (χ0) is 10.4. The average molecular weight is 217 g/mol. The van der Waals surface area contributed by atoms with E-state index in [0.29, 0.717) is 6.04 Å². The Balaban J connectivity index is 2.02. The molecule has 0 aromatic heterocycles. The minimum Gasteiger partial charge on any atom is -0.379 e. The second kappa shape index (κ2) is 6.70. The monoisotopic (exact) mass is 217 g/mol. The van der Waals surface area contributed by atoms with Crippen molar-refractivity contribution < 1.29 is 4.74 Å². The third-order valence-corrected chi connectivity index (χ3v) is 3.77. The topological polar surface area (TPSA) is 21.3 Å². The van der Waals surface area contributed by atoms with Gasteiger partial charge in [0.05, 0.1) is 18.5 Å². The van der Waals surface area contributed by atoms with Gasteiger partial charge in [-0.2, -0.15) is 11.8 Å². The van der Waals surface area contributed by atoms with E-state index in [1.807, 2.05) is 0 Å². The van der Waals surface area contributed by atoms with Crippen molar-refractivity contribution >= 4 is 11.8 Å². The lowest BCUT2D eigenvalue weighted by Crippen LogP contribution is -2.34. The first kappa shape index (κ1) is 12.3. The molecule has 1 fully saturated rings. The maximum absolute atomic E-state index is 5.17. The average Bonchev–Trinajstić information content (AvgIpc) is 2.08. The molecule has 1 heterocycles. The molecule has 1 saturated heterocycles. The highest BCUT2D eigenvalue weighted by Gasteiger charge is 2.22. The molecular weight excluding hydrogens is 194 g/mol. The number of ether oxygens (including phenoxy) is 1. The van der Waals surface area contributed by atoms with E-state index in [2.05, 4.69) is 37.8 Å². The number of hydrogen-bond acceptors (Lipinski definition) is 3. The summed E-state index contributed by atoms with van der Waals surface area (Å²) in [5.74, 6) is 0. The van der Waals surface area contributed by atoms with E-state index in [1.165, 1.54) is 12.8 Å².